The largest absolute Gasteiger partial charge is 0.480 e. The van der Waals surface area contributed by atoms with Crippen LogP contribution in [0.15, 0.2) is 0 Å². The van der Waals surface area contributed by atoms with E-state index in [9.17, 15) is 4.79 Å². The second-order valence-corrected chi connectivity index (χ2v) is 4.46. The van der Waals surface area contributed by atoms with E-state index in [0.717, 1.165) is 0 Å². The lowest BCUT2D eigenvalue weighted by Gasteiger charge is -2.30. The van der Waals surface area contributed by atoms with Crippen LogP contribution in [0, 0.1) is 0 Å². The molecular formula is C9H17NO3. The van der Waals surface area contributed by atoms with E-state index >= 15 is 0 Å². The van der Waals surface area contributed by atoms with E-state index in [1.54, 1.807) is 19.0 Å². The predicted octanol–water partition coefficient (Wildman–Crippen LogP) is 0.570. The fourth-order valence-corrected chi connectivity index (χ4v) is 1.74. The zero-order valence-corrected chi connectivity index (χ0v) is 8.63. The third-order valence-electron chi connectivity index (χ3n) is 2.67. The van der Waals surface area contributed by atoms with Crippen molar-refractivity contribution < 1.29 is 14.6 Å². The van der Waals surface area contributed by atoms with Gasteiger partial charge in [0.1, 0.15) is 5.54 Å². The van der Waals surface area contributed by atoms with Gasteiger partial charge in [0.2, 0.25) is 0 Å². The highest BCUT2D eigenvalue weighted by Gasteiger charge is 2.51. The Balaban J connectivity index is 2.91. The number of ether oxygens (including phenoxy) is 1. The van der Waals surface area contributed by atoms with Crippen LogP contribution in [0.5, 0.6) is 0 Å². The molecule has 1 atom stereocenters. The molecule has 0 bridgehead atoms. The summed E-state index contributed by atoms with van der Waals surface area (Å²) in [5, 5.41) is 9.14. The van der Waals surface area contributed by atoms with Crippen LogP contribution >= 0.6 is 0 Å². The van der Waals surface area contributed by atoms with Crippen LogP contribution in [0.4, 0.5) is 0 Å². The van der Waals surface area contributed by atoms with Gasteiger partial charge < -0.3 is 9.84 Å². The Morgan fingerprint density at radius 2 is 2.00 bits per heavy atom. The number of hydrogen-bond acceptors (Lipinski definition) is 3. The van der Waals surface area contributed by atoms with E-state index in [4.69, 9.17) is 9.84 Å². The zero-order valence-electron chi connectivity index (χ0n) is 8.63. The predicted molar refractivity (Wildman–Crippen MR) is 48.7 cm³/mol. The monoisotopic (exact) mass is 187 g/mol. The first-order valence-electron chi connectivity index (χ1n) is 4.35. The molecule has 0 radical (unpaired) electrons. The molecule has 1 unspecified atom stereocenters. The minimum atomic E-state index is -0.844. The normalized spacial score (nSPS) is 32.4. The van der Waals surface area contributed by atoms with Crippen molar-refractivity contribution in [2.75, 3.05) is 20.7 Å². The van der Waals surface area contributed by atoms with Crippen LogP contribution in [0.25, 0.3) is 0 Å². The molecule has 0 saturated carbocycles. The van der Waals surface area contributed by atoms with Crippen LogP contribution in [-0.4, -0.2) is 47.8 Å². The number of carbonyl (C=O) groups is 1. The van der Waals surface area contributed by atoms with Gasteiger partial charge in [-0.25, -0.2) is 0 Å². The smallest absolute Gasteiger partial charge is 0.326 e. The Kier molecular flexibility index (Phi) is 2.38. The summed E-state index contributed by atoms with van der Waals surface area (Å²) < 4.78 is 5.46. The summed E-state index contributed by atoms with van der Waals surface area (Å²) in [6, 6.07) is 0. The summed E-state index contributed by atoms with van der Waals surface area (Å²) in [7, 11) is 3.55. The Labute approximate surface area is 78.5 Å². The summed E-state index contributed by atoms with van der Waals surface area (Å²) in [6.45, 7) is 4.10. The van der Waals surface area contributed by atoms with Crippen molar-refractivity contribution in [3.63, 3.8) is 0 Å². The topological polar surface area (TPSA) is 49.8 Å². The summed E-state index contributed by atoms with van der Waals surface area (Å²) in [5.41, 5.74) is -1.17. The second kappa shape index (κ2) is 2.96. The van der Waals surface area contributed by atoms with Gasteiger partial charge in [-0.15, -0.1) is 0 Å². The van der Waals surface area contributed by atoms with Crippen molar-refractivity contribution in [1.82, 2.24) is 4.90 Å². The van der Waals surface area contributed by atoms with Crippen molar-refractivity contribution in [2.45, 2.75) is 31.4 Å². The highest BCUT2D eigenvalue weighted by atomic mass is 16.5. The number of aliphatic carboxylic acids is 1. The van der Waals surface area contributed by atoms with Crippen LogP contribution < -0.4 is 0 Å². The average Bonchev–Trinajstić information content (AvgIpc) is 2.27. The molecule has 13 heavy (non-hydrogen) atoms. The quantitative estimate of drug-likeness (QED) is 0.686. The Hall–Kier alpha value is -0.610. The fraction of sp³-hybridized carbons (Fsp3) is 0.889. The molecule has 1 N–H and O–H groups in total. The van der Waals surface area contributed by atoms with E-state index in [1.807, 2.05) is 13.8 Å². The minimum absolute atomic E-state index is 0.266. The highest BCUT2D eigenvalue weighted by molar-refractivity contribution is 5.79. The third kappa shape index (κ3) is 1.69. The van der Waals surface area contributed by atoms with Gasteiger partial charge in [0, 0.05) is 6.42 Å². The van der Waals surface area contributed by atoms with Gasteiger partial charge >= 0.3 is 5.97 Å². The standard InChI is InChI=1S/C9H17NO3/c1-8(2)5-9(6-13-8,7(11)12)10(3)4/h5-6H2,1-4H3,(H,11,12). The van der Waals surface area contributed by atoms with Crippen molar-refractivity contribution in [1.29, 1.82) is 0 Å². The maximum atomic E-state index is 11.1. The van der Waals surface area contributed by atoms with Gasteiger partial charge in [-0.1, -0.05) is 0 Å². The van der Waals surface area contributed by atoms with E-state index in [2.05, 4.69) is 0 Å². The first-order valence-corrected chi connectivity index (χ1v) is 4.35. The molecule has 0 aromatic carbocycles. The van der Waals surface area contributed by atoms with Gasteiger partial charge in [0.15, 0.2) is 0 Å². The lowest BCUT2D eigenvalue weighted by Crippen LogP contribution is -2.52. The van der Waals surface area contributed by atoms with Crippen LogP contribution in [0.1, 0.15) is 20.3 Å². The first kappa shape index (κ1) is 10.5. The van der Waals surface area contributed by atoms with Crippen LogP contribution in [0.3, 0.4) is 0 Å². The number of carboxylic acids is 1. The van der Waals surface area contributed by atoms with E-state index in [1.165, 1.54) is 0 Å². The lowest BCUT2D eigenvalue weighted by molar-refractivity contribution is -0.149. The highest BCUT2D eigenvalue weighted by Crippen LogP contribution is 2.35. The molecule has 76 valence electrons. The summed E-state index contributed by atoms with van der Waals surface area (Å²) >= 11 is 0. The molecule has 1 rings (SSSR count). The second-order valence-electron chi connectivity index (χ2n) is 4.46. The van der Waals surface area contributed by atoms with Crippen LogP contribution in [0.2, 0.25) is 0 Å². The molecule has 1 heterocycles. The Morgan fingerprint density at radius 1 is 1.46 bits per heavy atom. The molecule has 0 amide bonds. The molecule has 1 fully saturated rings. The van der Waals surface area contributed by atoms with Gasteiger partial charge in [0.25, 0.3) is 0 Å². The molecule has 4 nitrogen and oxygen atoms in total. The Morgan fingerprint density at radius 3 is 2.15 bits per heavy atom. The molecule has 4 heteroatoms. The number of carboxylic acid groups (broad SMARTS) is 1. The molecule has 1 saturated heterocycles. The molecule has 1 aliphatic rings. The SMILES string of the molecule is CN(C)C1(C(=O)O)COC(C)(C)C1. The van der Waals surface area contributed by atoms with E-state index < -0.39 is 11.5 Å². The fourth-order valence-electron chi connectivity index (χ4n) is 1.74. The Bertz CT molecular complexity index is 225. The molecule has 0 aliphatic carbocycles. The van der Waals surface area contributed by atoms with Gasteiger partial charge in [-0.05, 0) is 27.9 Å². The molecule has 0 spiro atoms. The lowest BCUT2D eigenvalue weighted by atomic mass is 9.89. The number of rotatable bonds is 2. The summed E-state index contributed by atoms with van der Waals surface area (Å²) in [5.74, 6) is -0.803. The van der Waals surface area contributed by atoms with Crippen LogP contribution in [-0.2, 0) is 9.53 Å². The van der Waals surface area contributed by atoms with Crippen molar-refractivity contribution in [3.05, 3.63) is 0 Å². The molecule has 0 aromatic heterocycles. The molecule has 0 aromatic rings. The zero-order chi connectivity index (χ0) is 10.3. The summed E-state index contributed by atoms with van der Waals surface area (Å²) in [6.07, 6.45) is 0.530. The molecular weight excluding hydrogens is 170 g/mol. The van der Waals surface area contributed by atoms with E-state index in [-0.39, 0.29) is 12.2 Å². The number of nitrogens with zero attached hydrogens (tertiary/aromatic N) is 1. The maximum Gasteiger partial charge on any atom is 0.326 e. The van der Waals surface area contributed by atoms with E-state index in [0.29, 0.717) is 6.42 Å². The van der Waals surface area contributed by atoms with Gasteiger partial charge in [-0.3, -0.25) is 9.69 Å². The van der Waals surface area contributed by atoms with Gasteiger partial charge in [-0.2, -0.15) is 0 Å². The van der Waals surface area contributed by atoms with Crippen molar-refractivity contribution in [3.8, 4) is 0 Å². The minimum Gasteiger partial charge on any atom is -0.480 e. The molecule has 1 aliphatic heterocycles. The number of hydrogen-bond donors (Lipinski definition) is 1. The maximum absolute atomic E-state index is 11.1. The van der Waals surface area contributed by atoms with Crippen molar-refractivity contribution >= 4 is 5.97 Å². The number of likely N-dealkylation sites (N-methyl/N-ethyl adjacent to an activating group) is 1. The third-order valence-corrected chi connectivity index (χ3v) is 2.67. The average molecular weight is 187 g/mol. The first-order chi connectivity index (χ1) is 5.80. The van der Waals surface area contributed by atoms with Gasteiger partial charge in [0.05, 0.1) is 12.2 Å². The van der Waals surface area contributed by atoms with Crippen molar-refractivity contribution in [2.24, 2.45) is 0 Å². The summed E-state index contributed by atoms with van der Waals surface area (Å²) in [4.78, 5) is 12.9.